The first-order valence-corrected chi connectivity index (χ1v) is 9.69. The van der Waals surface area contributed by atoms with Crippen molar-refractivity contribution >= 4 is 33.2 Å². The van der Waals surface area contributed by atoms with E-state index < -0.39 is 5.97 Å². The molecule has 0 saturated heterocycles. The van der Waals surface area contributed by atoms with Crippen molar-refractivity contribution in [2.75, 3.05) is 13.7 Å². The third-order valence-corrected chi connectivity index (χ3v) is 5.44. The number of aromatic nitrogens is 2. The minimum absolute atomic E-state index is 0.231. The lowest BCUT2D eigenvalue weighted by molar-refractivity contribution is 0.0516. The fourth-order valence-corrected chi connectivity index (χ4v) is 4.30. The lowest BCUT2D eigenvalue weighted by Gasteiger charge is -2.23. The first-order chi connectivity index (χ1) is 12.7. The van der Waals surface area contributed by atoms with E-state index in [0.717, 1.165) is 26.9 Å². The third kappa shape index (κ3) is 2.60. The number of aromatic amines is 1. The average molecular weight is 435 g/mol. The molecule has 2 aromatic heterocycles. The van der Waals surface area contributed by atoms with E-state index >= 15 is 0 Å². The van der Waals surface area contributed by atoms with Gasteiger partial charge in [-0.1, -0.05) is 0 Å². The summed E-state index contributed by atoms with van der Waals surface area (Å²) in [5, 5.41) is 11.2. The Hall–Kier alpha value is -2.32. The molecule has 0 bridgehead atoms. The van der Waals surface area contributed by atoms with Crippen LogP contribution in [-0.4, -0.2) is 29.9 Å². The van der Waals surface area contributed by atoms with Crippen molar-refractivity contribution in [3.8, 4) is 33.9 Å². The Kier molecular flexibility index (Phi) is 4.46. The first kappa shape index (κ1) is 17.1. The smallest absolute Gasteiger partial charge is 0.359 e. The van der Waals surface area contributed by atoms with Gasteiger partial charge < -0.3 is 14.2 Å². The van der Waals surface area contributed by atoms with Gasteiger partial charge in [0.05, 0.1) is 35.0 Å². The molecule has 134 valence electrons. The molecular formula is C18H15BrN2O4S. The van der Waals surface area contributed by atoms with Crippen molar-refractivity contribution in [2.45, 2.75) is 13.5 Å². The zero-order valence-electron chi connectivity index (χ0n) is 14.1. The highest BCUT2D eigenvalue weighted by Gasteiger charge is 2.31. The Morgan fingerprint density at radius 1 is 1.50 bits per heavy atom. The predicted octanol–water partition coefficient (Wildman–Crippen LogP) is 4.65. The molecule has 1 aliphatic heterocycles. The molecule has 26 heavy (non-hydrogen) atoms. The predicted molar refractivity (Wildman–Crippen MR) is 102 cm³/mol. The summed E-state index contributed by atoms with van der Waals surface area (Å²) in [6, 6.07) is 3.93. The largest absolute Gasteiger partial charge is 0.495 e. The molecule has 0 amide bonds. The van der Waals surface area contributed by atoms with Crippen molar-refractivity contribution in [1.82, 2.24) is 10.2 Å². The van der Waals surface area contributed by atoms with Gasteiger partial charge in [-0.3, -0.25) is 5.10 Å². The minimum Gasteiger partial charge on any atom is -0.495 e. The Bertz CT molecular complexity index is 982. The molecule has 8 heteroatoms. The van der Waals surface area contributed by atoms with Crippen molar-refractivity contribution < 1.29 is 19.0 Å². The number of hydrogen-bond acceptors (Lipinski definition) is 6. The van der Waals surface area contributed by atoms with Crippen LogP contribution < -0.4 is 9.47 Å². The number of thiophene rings is 1. The zero-order chi connectivity index (χ0) is 18.3. The summed E-state index contributed by atoms with van der Waals surface area (Å²) < 4.78 is 17.5. The first-order valence-electron chi connectivity index (χ1n) is 7.96. The summed E-state index contributed by atoms with van der Waals surface area (Å²) in [5.74, 6) is 0.952. The van der Waals surface area contributed by atoms with Gasteiger partial charge in [0.1, 0.15) is 18.1 Å². The standard InChI is InChI=1S/C18H15BrN2O4S/c1-3-24-18(22)15-11-7-25-16-10(14(11)20-21-15)6-12(19)17(23-2)13(16)9-4-5-26-8-9/h4-6,8H,3,7H2,1-2H3,(H,20,21). The maximum Gasteiger partial charge on any atom is 0.359 e. The van der Waals surface area contributed by atoms with Crippen molar-refractivity contribution in [1.29, 1.82) is 0 Å². The number of hydrogen-bond donors (Lipinski definition) is 1. The van der Waals surface area contributed by atoms with Crippen molar-refractivity contribution in [3.63, 3.8) is 0 Å². The summed E-state index contributed by atoms with van der Waals surface area (Å²) in [7, 11) is 1.63. The highest BCUT2D eigenvalue weighted by Crippen LogP contribution is 2.51. The fraction of sp³-hybridized carbons (Fsp3) is 0.222. The van der Waals surface area contributed by atoms with Gasteiger partial charge in [0, 0.05) is 5.56 Å². The maximum atomic E-state index is 12.1. The van der Waals surface area contributed by atoms with Crippen LogP contribution in [0.5, 0.6) is 11.5 Å². The van der Waals surface area contributed by atoms with E-state index in [1.807, 2.05) is 22.9 Å². The minimum atomic E-state index is -0.456. The lowest BCUT2D eigenvalue weighted by Crippen LogP contribution is -2.12. The Morgan fingerprint density at radius 3 is 3.04 bits per heavy atom. The third-order valence-electron chi connectivity index (χ3n) is 4.17. The van der Waals surface area contributed by atoms with Crippen LogP contribution >= 0.6 is 27.3 Å². The van der Waals surface area contributed by atoms with E-state index in [9.17, 15) is 4.79 Å². The monoisotopic (exact) mass is 434 g/mol. The number of ether oxygens (including phenoxy) is 3. The van der Waals surface area contributed by atoms with E-state index in [4.69, 9.17) is 14.2 Å². The molecule has 6 nitrogen and oxygen atoms in total. The highest BCUT2D eigenvalue weighted by molar-refractivity contribution is 9.10. The normalized spacial score (nSPS) is 12.1. The van der Waals surface area contributed by atoms with E-state index in [1.165, 1.54) is 0 Å². The van der Waals surface area contributed by atoms with Gasteiger partial charge in [0.15, 0.2) is 5.69 Å². The summed E-state index contributed by atoms with van der Waals surface area (Å²) in [5.41, 5.74) is 4.42. The molecule has 0 fully saturated rings. The topological polar surface area (TPSA) is 73.4 Å². The molecule has 4 rings (SSSR count). The molecular weight excluding hydrogens is 420 g/mol. The van der Waals surface area contributed by atoms with Gasteiger partial charge in [0.2, 0.25) is 0 Å². The van der Waals surface area contributed by atoms with Gasteiger partial charge in [-0.25, -0.2) is 4.79 Å². The Morgan fingerprint density at radius 2 is 2.35 bits per heavy atom. The number of esters is 1. The Labute approximate surface area is 162 Å². The number of carbonyl (C=O) groups is 1. The number of benzene rings is 1. The van der Waals surface area contributed by atoms with Gasteiger partial charge >= 0.3 is 5.97 Å². The van der Waals surface area contributed by atoms with Crippen LogP contribution in [0.4, 0.5) is 0 Å². The second-order valence-electron chi connectivity index (χ2n) is 5.59. The maximum absolute atomic E-state index is 12.1. The van der Waals surface area contributed by atoms with Gasteiger partial charge in [-0.2, -0.15) is 16.4 Å². The number of nitrogens with one attached hydrogen (secondary N) is 1. The van der Waals surface area contributed by atoms with Crippen molar-refractivity contribution in [2.24, 2.45) is 0 Å². The molecule has 0 atom stereocenters. The molecule has 0 aliphatic carbocycles. The molecule has 3 aromatic rings. The van der Waals surface area contributed by atoms with Crippen LogP contribution in [0.25, 0.3) is 22.4 Å². The summed E-state index contributed by atoms with van der Waals surface area (Å²) >= 11 is 5.18. The number of H-pyrrole nitrogens is 1. The zero-order valence-corrected chi connectivity index (χ0v) is 16.5. The number of nitrogens with zero attached hydrogens (tertiary/aromatic N) is 1. The van der Waals surface area contributed by atoms with E-state index in [0.29, 0.717) is 23.7 Å². The van der Waals surface area contributed by atoms with Gasteiger partial charge in [-0.15, -0.1) is 0 Å². The molecule has 1 aliphatic rings. The second kappa shape index (κ2) is 6.77. The van der Waals surface area contributed by atoms with Crippen LogP contribution in [0, 0.1) is 0 Å². The van der Waals surface area contributed by atoms with Gasteiger partial charge in [-0.05, 0) is 51.3 Å². The number of fused-ring (bicyclic) bond motifs is 3. The van der Waals surface area contributed by atoms with Crippen LogP contribution in [-0.2, 0) is 11.3 Å². The molecule has 1 aromatic carbocycles. The van der Waals surface area contributed by atoms with E-state index in [-0.39, 0.29) is 12.3 Å². The number of methoxy groups -OCH3 is 1. The van der Waals surface area contributed by atoms with Gasteiger partial charge in [0.25, 0.3) is 0 Å². The van der Waals surface area contributed by atoms with E-state index in [1.54, 1.807) is 25.4 Å². The van der Waals surface area contributed by atoms with Crippen LogP contribution in [0.15, 0.2) is 27.4 Å². The number of carbonyl (C=O) groups excluding carboxylic acids is 1. The molecule has 0 radical (unpaired) electrons. The van der Waals surface area contributed by atoms with Crippen LogP contribution in [0.3, 0.4) is 0 Å². The molecule has 0 unspecified atom stereocenters. The van der Waals surface area contributed by atoms with Crippen molar-refractivity contribution in [3.05, 3.63) is 38.6 Å². The highest BCUT2D eigenvalue weighted by atomic mass is 79.9. The summed E-state index contributed by atoms with van der Waals surface area (Å²) in [4.78, 5) is 12.1. The SMILES string of the molecule is CCOC(=O)c1n[nH]c2c1COc1c-2cc(Br)c(OC)c1-c1ccsc1. The quantitative estimate of drug-likeness (QED) is 0.605. The Balaban J connectivity index is 1.92. The summed E-state index contributed by atoms with van der Waals surface area (Å²) in [6.45, 7) is 2.29. The molecule has 0 spiro atoms. The van der Waals surface area contributed by atoms with E-state index in [2.05, 4.69) is 26.1 Å². The number of rotatable bonds is 4. The lowest BCUT2D eigenvalue weighted by atomic mass is 9.96. The average Bonchev–Trinajstić information content (AvgIpc) is 3.30. The van der Waals surface area contributed by atoms with Crippen LogP contribution in [0.2, 0.25) is 0 Å². The summed E-state index contributed by atoms with van der Waals surface area (Å²) in [6.07, 6.45) is 0. The number of halogens is 1. The molecule has 3 heterocycles. The fourth-order valence-electron chi connectivity index (χ4n) is 3.06. The van der Waals surface area contributed by atoms with Crippen LogP contribution in [0.1, 0.15) is 23.0 Å². The molecule has 0 saturated carbocycles. The second-order valence-corrected chi connectivity index (χ2v) is 7.22. The molecule has 1 N–H and O–H groups in total.